The zero-order chi connectivity index (χ0) is 10.4. The van der Waals surface area contributed by atoms with Crippen molar-refractivity contribution in [1.29, 1.82) is 0 Å². The summed E-state index contributed by atoms with van der Waals surface area (Å²) < 4.78 is 0.834. The SMILES string of the molecule is NC(=O)CCCNc1ncc(Br)cn1. The van der Waals surface area contributed by atoms with E-state index in [0.717, 1.165) is 4.47 Å². The number of anilines is 1. The van der Waals surface area contributed by atoms with Crippen LogP contribution in [0.2, 0.25) is 0 Å². The molecule has 1 aromatic rings. The third-order valence-corrected chi connectivity index (χ3v) is 1.91. The molecule has 0 aliphatic rings. The van der Waals surface area contributed by atoms with Gasteiger partial charge < -0.3 is 11.1 Å². The van der Waals surface area contributed by atoms with Crippen molar-refractivity contribution in [3.8, 4) is 0 Å². The van der Waals surface area contributed by atoms with E-state index in [1.165, 1.54) is 0 Å². The summed E-state index contributed by atoms with van der Waals surface area (Å²) in [5.74, 6) is 0.265. The largest absolute Gasteiger partial charge is 0.370 e. The van der Waals surface area contributed by atoms with E-state index >= 15 is 0 Å². The quantitative estimate of drug-likeness (QED) is 0.770. The Balaban J connectivity index is 2.25. The third kappa shape index (κ3) is 4.18. The second-order valence-electron chi connectivity index (χ2n) is 2.72. The molecular weight excluding hydrogens is 248 g/mol. The number of carbonyl (C=O) groups is 1. The molecule has 0 radical (unpaired) electrons. The molecule has 0 atom stereocenters. The monoisotopic (exact) mass is 258 g/mol. The van der Waals surface area contributed by atoms with Gasteiger partial charge in [-0.15, -0.1) is 0 Å². The van der Waals surface area contributed by atoms with Gasteiger partial charge in [0.25, 0.3) is 0 Å². The molecule has 5 nitrogen and oxygen atoms in total. The number of nitrogens with one attached hydrogen (secondary N) is 1. The molecule has 6 heteroatoms. The normalized spacial score (nSPS) is 9.79. The van der Waals surface area contributed by atoms with Gasteiger partial charge in [-0.25, -0.2) is 9.97 Å². The maximum absolute atomic E-state index is 10.4. The van der Waals surface area contributed by atoms with Gasteiger partial charge in [-0.3, -0.25) is 4.79 Å². The lowest BCUT2D eigenvalue weighted by atomic mass is 10.3. The zero-order valence-corrected chi connectivity index (χ0v) is 9.12. The fourth-order valence-corrected chi connectivity index (χ4v) is 1.07. The topological polar surface area (TPSA) is 80.9 Å². The summed E-state index contributed by atoms with van der Waals surface area (Å²) in [6.07, 6.45) is 4.38. The van der Waals surface area contributed by atoms with Crippen LogP contribution in [0.1, 0.15) is 12.8 Å². The lowest BCUT2D eigenvalue weighted by Gasteiger charge is -2.02. The summed E-state index contributed by atoms with van der Waals surface area (Å²) >= 11 is 3.23. The second-order valence-corrected chi connectivity index (χ2v) is 3.64. The summed E-state index contributed by atoms with van der Waals surface area (Å²) in [6, 6.07) is 0. The Labute approximate surface area is 90.2 Å². The number of primary amides is 1. The Kier molecular flexibility index (Phi) is 4.31. The number of nitrogens with two attached hydrogens (primary N) is 1. The Hall–Kier alpha value is -1.17. The van der Waals surface area contributed by atoms with Crippen LogP contribution in [-0.2, 0) is 4.79 Å². The highest BCUT2D eigenvalue weighted by Gasteiger charge is 1.96. The summed E-state index contributed by atoms with van der Waals surface area (Å²) in [5, 5.41) is 2.98. The van der Waals surface area contributed by atoms with Crippen LogP contribution in [0.3, 0.4) is 0 Å². The van der Waals surface area contributed by atoms with Crippen LogP contribution in [0.25, 0.3) is 0 Å². The lowest BCUT2D eigenvalue weighted by molar-refractivity contribution is -0.118. The van der Waals surface area contributed by atoms with Crippen molar-refractivity contribution < 1.29 is 4.79 Å². The molecule has 0 bridgehead atoms. The van der Waals surface area contributed by atoms with Gasteiger partial charge >= 0.3 is 0 Å². The Morgan fingerprint density at radius 3 is 2.71 bits per heavy atom. The summed E-state index contributed by atoms with van der Waals surface area (Å²) in [6.45, 7) is 0.643. The molecular formula is C8H11BrN4O. The number of hydrogen-bond acceptors (Lipinski definition) is 4. The number of halogens is 1. The number of hydrogen-bond donors (Lipinski definition) is 2. The minimum atomic E-state index is -0.288. The van der Waals surface area contributed by atoms with Crippen molar-refractivity contribution >= 4 is 27.8 Å². The highest BCUT2D eigenvalue weighted by atomic mass is 79.9. The van der Waals surface area contributed by atoms with Crippen molar-refractivity contribution in [3.63, 3.8) is 0 Å². The van der Waals surface area contributed by atoms with Crippen LogP contribution in [0.15, 0.2) is 16.9 Å². The van der Waals surface area contributed by atoms with Crippen LogP contribution in [0.4, 0.5) is 5.95 Å². The number of carbonyl (C=O) groups excluding carboxylic acids is 1. The van der Waals surface area contributed by atoms with Crippen molar-refractivity contribution in [2.24, 2.45) is 5.73 Å². The van der Waals surface area contributed by atoms with E-state index in [0.29, 0.717) is 25.3 Å². The molecule has 1 rings (SSSR count). The minimum absolute atomic E-state index is 0.288. The van der Waals surface area contributed by atoms with Crippen LogP contribution in [0, 0.1) is 0 Å². The molecule has 1 amide bonds. The maximum Gasteiger partial charge on any atom is 0.222 e. The molecule has 3 N–H and O–H groups in total. The smallest absolute Gasteiger partial charge is 0.222 e. The van der Waals surface area contributed by atoms with E-state index in [4.69, 9.17) is 5.73 Å². The first-order chi connectivity index (χ1) is 6.68. The summed E-state index contributed by atoms with van der Waals surface area (Å²) in [5.41, 5.74) is 4.99. The molecule has 0 aliphatic heterocycles. The van der Waals surface area contributed by atoms with Crippen LogP contribution < -0.4 is 11.1 Å². The highest BCUT2D eigenvalue weighted by molar-refractivity contribution is 9.10. The average Bonchev–Trinajstić information content (AvgIpc) is 2.15. The number of aromatic nitrogens is 2. The predicted octanol–water partition coefficient (Wildman–Crippen LogP) is 0.916. The Morgan fingerprint density at radius 2 is 2.14 bits per heavy atom. The van der Waals surface area contributed by atoms with Crippen LogP contribution in [-0.4, -0.2) is 22.4 Å². The number of amides is 1. The van der Waals surface area contributed by atoms with Gasteiger partial charge in [0.15, 0.2) is 0 Å². The van der Waals surface area contributed by atoms with E-state index in [-0.39, 0.29) is 5.91 Å². The first kappa shape index (κ1) is 10.9. The Morgan fingerprint density at radius 1 is 1.50 bits per heavy atom. The molecule has 0 aliphatic carbocycles. The van der Waals surface area contributed by atoms with Gasteiger partial charge in [0.1, 0.15) is 0 Å². The first-order valence-corrected chi connectivity index (χ1v) is 4.97. The van der Waals surface area contributed by atoms with Crippen LogP contribution in [0.5, 0.6) is 0 Å². The zero-order valence-electron chi connectivity index (χ0n) is 7.53. The van der Waals surface area contributed by atoms with Crippen LogP contribution >= 0.6 is 15.9 Å². The van der Waals surface area contributed by atoms with Crippen molar-refractivity contribution in [3.05, 3.63) is 16.9 Å². The molecule has 76 valence electrons. The molecule has 0 fully saturated rings. The van der Waals surface area contributed by atoms with E-state index in [1.54, 1.807) is 12.4 Å². The first-order valence-electron chi connectivity index (χ1n) is 4.18. The highest BCUT2D eigenvalue weighted by Crippen LogP contribution is 2.06. The van der Waals surface area contributed by atoms with Crippen molar-refractivity contribution in [2.45, 2.75) is 12.8 Å². The molecule has 0 saturated carbocycles. The van der Waals surface area contributed by atoms with Gasteiger partial charge in [0.05, 0.1) is 4.47 Å². The maximum atomic E-state index is 10.4. The fraction of sp³-hybridized carbons (Fsp3) is 0.375. The second kappa shape index (κ2) is 5.54. The lowest BCUT2D eigenvalue weighted by Crippen LogP contribution is -2.13. The molecule has 0 spiro atoms. The van der Waals surface area contributed by atoms with Crippen molar-refractivity contribution in [1.82, 2.24) is 9.97 Å². The summed E-state index contributed by atoms with van der Waals surface area (Å²) in [7, 11) is 0. The van der Waals surface area contributed by atoms with Gasteiger partial charge in [-0.1, -0.05) is 0 Å². The van der Waals surface area contributed by atoms with Gasteiger partial charge in [-0.05, 0) is 22.4 Å². The molecule has 1 aromatic heterocycles. The van der Waals surface area contributed by atoms with E-state index in [9.17, 15) is 4.79 Å². The van der Waals surface area contributed by atoms with E-state index in [1.807, 2.05) is 0 Å². The molecule has 0 saturated heterocycles. The average molecular weight is 259 g/mol. The van der Waals surface area contributed by atoms with Gasteiger partial charge in [-0.2, -0.15) is 0 Å². The molecule has 0 unspecified atom stereocenters. The summed E-state index contributed by atoms with van der Waals surface area (Å²) in [4.78, 5) is 18.4. The minimum Gasteiger partial charge on any atom is -0.370 e. The van der Waals surface area contributed by atoms with Gasteiger partial charge in [0, 0.05) is 25.4 Å². The van der Waals surface area contributed by atoms with Gasteiger partial charge in [0.2, 0.25) is 11.9 Å². The van der Waals surface area contributed by atoms with Crippen molar-refractivity contribution in [2.75, 3.05) is 11.9 Å². The molecule has 14 heavy (non-hydrogen) atoms. The van der Waals surface area contributed by atoms with E-state index in [2.05, 4.69) is 31.2 Å². The third-order valence-electron chi connectivity index (χ3n) is 1.50. The number of nitrogens with zero attached hydrogens (tertiary/aromatic N) is 2. The number of rotatable bonds is 5. The standard InChI is InChI=1S/C8H11BrN4O/c9-6-4-12-8(13-5-6)11-3-1-2-7(10)14/h4-5H,1-3H2,(H2,10,14)(H,11,12,13). The molecule has 1 heterocycles. The molecule has 0 aromatic carbocycles. The predicted molar refractivity (Wildman–Crippen MR) is 56.7 cm³/mol. The van der Waals surface area contributed by atoms with E-state index < -0.39 is 0 Å². The fourth-order valence-electron chi connectivity index (χ4n) is 0.866. The Bertz CT molecular complexity index is 301.